The number of nitrogens with two attached hydrogens (primary N) is 2. The van der Waals surface area contributed by atoms with Crippen molar-refractivity contribution in [2.24, 2.45) is 5.73 Å². The van der Waals surface area contributed by atoms with Crippen molar-refractivity contribution < 1.29 is 13.9 Å². The van der Waals surface area contributed by atoms with Crippen LogP contribution in [0.4, 0.5) is 10.1 Å². The number of rotatable bonds is 3. The summed E-state index contributed by atoms with van der Waals surface area (Å²) < 4.78 is 19.6. The van der Waals surface area contributed by atoms with Gasteiger partial charge in [-0.1, -0.05) is 15.9 Å². The van der Waals surface area contributed by atoms with Crippen molar-refractivity contribution in [3.63, 3.8) is 0 Å². The Hall–Kier alpha value is -2.08. The van der Waals surface area contributed by atoms with E-state index in [-0.39, 0.29) is 22.7 Å². The zero-order chi connectivity index (χ0) is 14.0. The van der Waals surface area contributed by atoms with Gasteiger partial charge >= 0.3 is 0 Å². The molecule has 0 spiro atoms. The molecule has 0 fully saturated rings. The van der Waals surface area contributed by atoms with Crippen molar-refractivity contribution in [3.05, 3.63) is 52.3 Å². The van der Waals surface area contributed by atoms with Crippen LogP contribution < -0.4 is 16.2 Å². The first-order valence-electron chi connectivity index (χ1n) is 5.29. The van der Waals surface area contributed by atoms with E-state index in [1.165, 1.54) is 30.3 Å². The molecule has 4 N–H and O–H groups in total. The monoisotopic (exact) mass is 324 g/mol. The Labute approximate surface area is 117 Å². The maximum Gasteiger partial charge on any atom is 0.248 e. The molecule has 0 radical (unpaired) electrons. The van der Waals surface area contributed by atoms with Crippen LogP contribution in [0, 0.1) is 5.82 Å². The minimum Gasteiger partial charge on any atom is -0.452 e. The van der Waals surface area contributed by atoms with Crippen LogP contribution in [0.5, 0.6) is 11.5 Å². The van der Waals surface area contributed by atoms with Gasteiger partial charge in [0.15, 0.2) is 17.3 Å². The number of halogens is 2. The number of anilines is 1. The molecule has 4 nitrogen and oxygen atoms in total. The molecule has 0 heterocycles. The number of carbonyl (C=O) groups excluding carboxylic acids is 1. The second-order valence-corrected chi connectivity index (χ2v) is 4.71. The van der Waals surface area contributed by atoms with E-state index in [1.807, 2.05) is 0 Å². The van der Waals surface area contributed by atoms with Gasteiger partial charge in [0.1, 0.15) is 0 Å². The number of amides is 1. The lowest BCUT2D eigenvalue weighted by molar-refractivity contribution is 0.1000. The van der Waals surface area contributed by atoms with E-state index in [2.05, 4.69) is 15.9 Å². The minimum atomic E-state index is -0.610. The summed E-state index contributed by atoms with van der Waals surface area (Å²) in [5.74, 6) is -0.964. The van der Waals surface area contributed by atoms with Crippen LogP contribution in [0.25, 0.3) is 0 Å². The number of ether oxygens (including phenoxy) is 1. The number of nitrogen functional groups attached to an aromatic ring is 1. The molecule has 2 rings (SSSR count). The van der Waals surface area contributed by atoms with E-state index in [1.54, 1.807) is 6.07 Å². The third-order valence-corrected chi connectivity index (χ3v) is 2.91. The highest BCUT2D eigenvalue weighted by Crippen LogP contribution is 2.31. The summed E-state index contributed by atoms with van der Waals surface area (Å²) in [5, 5.41) is 0. The van der Waals surface area contributed by atoms with E-state index in [0.29, 0.717) is 4.47 Å². The fraction of sp³-hybridized carbons (Fsp3) is 0. The molecule has 1 amide bonds. The quantitative estimate of drug-likeness (QED) is 0.851. The van der Waals surface area contributed by atoms with Crippen molar-refractivity contribution in [2.75, 3.05) is 5.73 Å². The van der Waals surface area contributed by atoms with Crippen LogP contribution in [0.1, 0.15) is 10.4 Å². The Morgan fingerprint density at radius 1 is 1.16 bits per heavy atom. The average molecular weight is 325 g/mol. The predicted octanol–water partition coefficient (Wildman–Crippen LogP) is 3.06. The van der Waals surface area contributed by atoms with E-state index >= 15 is 0 Å². The van der Waals surface area contributed by atoms with Gasteiger partial charge in [-0.15, -0.1) is 0 Å². The summed E-state index contributed by atoms with van der Waals surface area (Å²) >= 11 is 3.15. The van der Waals surface area contributed by atoms with Gasteiger partial charge in [0, 0.05) is 10.0 Å². The van der Waals surface area contributed by atoms with Gasteiger partial charge in [-0.3, -0.25) is 4.79 Å². The number of carbonyl (C=O) groups is 1. The van der Waals surface area contributed by atoms with Crippen LogP contribution in [0.3, 0.4) is 0 Å². The molecular weight excluding hydrogens is 315 g/mol. The van der Waals surface area contributed by atoms with Crippen molar-refractivity contribution in [3.8, 4) is 11.5 Å². The Morgan fingerprint density at radius 2 is 1.89 bits per heavy atom. The maximum atomic E-state index is 13.6. The standard InChI is InChI=1S/C13H10BrFN2O2/c14-8-2-4-11(9(15)6-8)19-12-5-7(13(17)18)1-3-10(12)16/h1-6H,16H2,(H2,17,18). The highest BCUT2D eigenvalue weighted by Gasteiger charge is 2.10. The Kier molecular flexibility index (Phi) is 3.71. The van der Waals surface area contributed by atoms with Gasteiger partial charge in [-0.2, -0.15) is 0 Å². The van der Waals surface area contributed by atoms with E-state index in [4.69, 9.17) is 16.2 Å². The molecule has 98 valence electrons. The van der Waals surface area contributed by atoms with Crippen molar-refractivity contribution >= 4 is 27.5 Å². The maximum absolute atomic E-state index is 13.6. The topological polar surface area (TPSA) is 78.3 Å². The number of hydrogen-bond acceptors (Lipinski definition) is 3. The van der Waals surface area contributed by atoms with E-state index in [9.17, 15) is 9.18 Å². The predicted molar refractivity (Wildman–Crippen MR) is 73.5 cm³/mol. The van der Waals surface area contributed by atoms with Gasteiger partial charge in [-0.25, -0.2) is 4.39 Å². The molecular formula is C13H10BrFN2O2. The first-order valence-corrected chi connectivity index (χ1v) is 6.09. The highest BCUT2D eigenvalue weighted by molar-refractivity contribution is 9.10. The molecule has 0 saturated carbocycles. The molecule has 2 aromatic carbocycles. The van der Waals surface area contributed by atoms with Crippen LogP contribution in [-0.2, 0) is 0 Å². The molecule has 0 saturated heterocycles. The third kappa shape index (κ3) is 3.03. The van der Waals surface area contributed by atoms with Crippen LogP contribution in [0.2, 0.25) is 0 Å². The fourth-order valence-electron chi connectivity index (χ4n) is 1.45. The summed E-state index contributed by atoms with van der Waals surface area (Å²) in [7, 11) is 0. The summed E-state index contributed by atoms with van der Waals surface area (Å²) in [5.41, 5.74) is 11.4. The van der Waals surface area contributed by atoms with E-state index < -0.39 is 11.7 Å². The SMILES string of the molecule is NC(=O)c1ccc(N)c(Oc2ccc(Br)cc2F)c1. The van der Waals surface area contributed by atoms with Gasteiger partial charge < -0.3 is 16.2 Å². The van der Waals surface area contributed by atoms with Gasteiger partial charge in [0.05, 0.1) is 5.69 Å². The summed E-state index contributed by atoms with van der Waals surface area (Å²) in [6.45, 7) is 0. The second kappa shape index (κ2) is 5.27. The van der Waals surface area contributed by atoms with Crippen LogP contribution in [-0.4, -0.2) is 5.91 Å². The van der Waals surface area contributed by atoms with Crippen LogP contribution in [0.15, 0.2) is 40.9 Å². The zero-order valence-corrected chi connectivity index (χ0v) is 11.3. The normalized spacial score (nSPS) is 10.2. The number of hydrogen-bond donors (Lipinski definition) is 2. The molecule has 19 heavy (non-hydrogen) atoms. The fourth-order valence-corrected chi connectivity index (χ4v) is 1.79. The second-order valence-electron chi connectivity index (χ2n) is 3.79. The van der Waals surface area contributed by atoms with E-state index in [0.717, 1.165) is 0 Å². The van der Waals surface area contributed by atoms with Crippen LogP contribution >= 0.6 is 15.9 Å². The Bertz CT molecular complexity index is 647. The molecule has 0 aliphatic carbocycles. The molecule has 6 heteroatoms. The average Bonchev–Trinajstić information content (AvgIpc) is 2.34. The number of benzene rings is 2. The lowest BCUT2D eigenvalue weighted by Crippen LogP contribution is -2.11. The molecule has 0 bridgehead atoms. The first kappa shape index (κ1) is 13.4. The molecule has 0 atom stereocenters. The minimum absolute atomic E-state index is 0.0107. The summed E-state index contributed by atoms with van der Waals surface area (Å²) in [4.78, 5) is 11.1. The van der Waals surface area contributed by atoms with Crippen molar-refractivity contribution in [1.29, 1.82) is 0 Å². The third-order valence-electron chi connectivity index (χ3n) is 2.41. The van der Waals surface area contributed by atoms with Crippen molar-refractivity contribution in [1.82, 2.24) is 0 Å². The van der Waals surface area contributed by atoms with Gasteiger partial charge in [-0.05, 0) is 36.4 Å². The first-order chi connectivity index (χ1) is 8.97. The lowest BCUT2D eigenvalue weighted by atomic mass is 10.2. The summed E-state index contributed by atoms with van der Waals surface area (Å²) in [6.07, 6.45) is 0. The molecule has 0 aliphatic heterocycles. The smallest absolute Gasteiger partial charge is 0.248 e. The zero-order valence-electron chi connectivity index (χ0n) is 9.69. The van der Waals surface area contributed by atoms with Gasteiger partial charge in [0.2, 0.25) is 5.91 Å². The molecule has 2 aromatic rings. The van der Waals surface area contributed by atoms with Gasteiger partial charge in [0.25, 0.3) is 0 Å². The summed E-state index contributed by atoms with van der Waals surface area (Å²) in [6, 6.07) is 8.68. The highest BCUT2D eigenvalue weighted by atomic mass is 79.9. The molecule has 0 aromatic heterocycles. The Morgan fingerprint density at radius 3 is 2.53 bits per heavy atom. The Balaban J connectivity index is 2.37. The largest absolute Gasteiger partial charge is 0.452 e. The number of primary amides is 1. The lowest BCUT2D eigenvalue weighted by Gasteiger charge is -2.10. The molecule has 0 unspecified atom stereocenters. The molecule has 0 aliphatic rings. The van der Waals surface area contributed by atoms with Crippen molar-refractivity contribution in [2.45, 2.75) is 0 Å².